The highest BCUT2D eigenvalue weighted by Gasteiger charge is 2.61. The van der Waals surface area contributed by atoms with E-state index in [1.54, 1.807) is 0 Å². The summed E-state index contributed by atoms with van der Waals surface area (Å²) in [4.78, 5) is 49.5. The van der Waals surface area contributed by atoms with Crippen LogP contribution in [0.1, 0.15) is 30.4 Å². The topological polar surface area (TPSA) is 318 Å². The van der Waals surface area contributed by atoms with Crippen LogP contribution in [0.2, 0.25) is 0 Å². The van der Waals surface area contributed by atoms with Crippen LogP contribution in [0.3, 0.4) is 0 Å². The molecule has 2 aliphatic carbocycles. The molecule has 2 aliphatic rings. The molecule has 9 atom stereocenters. The number of aromatic hydroxyl groups is 4. The molecule has 4 rings (SSSR count). The van der Waals surface area contributed by atoms with Gasteiger partial charge in [-0.3, -0.25) is 0 Å². The summed E-state index contributed by atoms with van der Waals surface area (Å²) in [6, 6.07) is 7.08. The number of hydrogen-bond donors (Lipinski definition) is 11. The minimum atomic E-state index is -3.17. The van der Waals surface area contributed by atoms with Crippen molar-refractivity contribution in [3.05, 3.63) is 59.7 Å². The van der Waals surface area contributed by atoms with Gasteiger partial charge in [-0.2, -0.15) is 0 Å². The van der Waals surface area contributed by atoms with Crippen LogP contribution >= 0.6 is 0 Å². The van der Waals surface area contributed by atoms with Crippen molar-refractivity contribution < 1.29 is 89.6 Å². The first kappa shape index (κ1) is 37.6. The van der Waals surface area contributed by atoms with Crippen molar-refractivity contribution in [2.45, 2.75) is 73.2 Å². The predicted molar refractivity (Wildman–Crippen MR) is 163 cm³/mol. The van der Waals surface area contributed by atoms with E-state index in [0.29, 0.717) is 0 Å². The highest BCUT2D eigenvalue weighted by molar-refractivity contribution is 5.88. The lowest BCUT2D eigenvalue weighted by Gasteiger charge is -2.48. The van der Waals surface area contributed by atoms with Crippen LogP contribution in [-0.2, 0) is 33.4 Å². The molecule has 0 bridgehead atoms. The first-order chi connectivity index (χ1) is 23.3. The third kappa shape index (κ3) is 8.13. The Morgan fingerprint density at radius 3 is 1.66 bits per heavy atom. The van der Waals surface area contributed by atoms with E-state index in [0.717, 1.165) is 48.6 Å². The van der Waals surface area contributed by atoms with Gasteiger partial charge in [0.1, 0.15) is 30.5 Å². The third-order valence-corrected chi connectivity index (χ3v) is 8.29. The van der Waals surface area contributed by atoms with Crippen molar-refractivity contribution in [1.82, 2.24) is 0 Å². The van der Waals surface area contributed by atoms with Crippen LogP contribution in [0.5, 0.6) is 23.0 Å². The van der Waals surface area contributed by atoms with Crippen LogP contribution in [0.4, 0.5) is 0 Å². The van der Waals surface area contributed by atoms with E-state index in [1.807, 2.05) is 0 Å². The summed E-state index contributed by atoms with van der Waals surface area (Å²) in [6.07, 6.45) is -13.6. The van der Waals surface area contributed by atoms with Crippen LogP contribution in [0, 0.1) is 0 Å². The molecule has 0 spiro atoms. The van der Waals surface area contributed by atoms with Gasteiger partial charge in [-0.25, -0.2) is 19.2 Å². The second-order valence-corrected chi connectivity index (χ2v) is 11.9. The molecule has 18 heteroatoms. The fourth-order valence-corrected chi connectivity index (χ4v) is 5.60. The molecule has 270 valence electrons. The maximum absolute atomic E-state index is 12.7. The number of benzene rings is 2. The number of phenolic OH excluding ortho intramolecular Hbond substituents is 4. The minimum Gasteiger partial charge on any atom is -0.504 e. The molecular weight excluding hydrogens is 672 g/mol. The first-order valence-corrected chi connectivity index (χ1v) is 14.8. The zero-order valence-corrected chi connectivity index (χ0v) is 25.7. The van der Waals surface area contributed by atoms with E-state index in [4.69, 9.17) is 14.2 Å². The molecular formula is C32H34O18. The van der Waals surface area contributed by atoms with Gasteiger partial charge in [0.25, 0.3) is 0 Å². The van der Waals surface area contributed by atoms with Gasteiger partial charge < -0.3 is 70.4 Å². The molecule has 0 aromatic heterocycles. The molecule has 2 fully saturated rings. The Hall–Kier alpha value is -5.24. The molecule has 1 unspecified atom stereocenters. The molecule has 0 saturated heterocycles. The molecule has 0 amide bonds. The lowest BCUT2D eigenvalue weighted by Crippen LogP contribution is -2.69. The van der Waals surface area contributed by atoms with Crippen LogP contribution in [0.25, 0.3) is 12.2 Å². The van der Waals surface area contributed by atoms with Crippen LogP contribution < -0.4 is 0 Å². The van der Waals surface area contributed by atoms with Crippen molar-refractivity contribution in [3.8, 4) is 23.0 Å². The molecule has 2 saturated carbocycles. The number of hydrogen-bond acceptors (Lipinski definition) is 16. The van der Waals surface area contributed by atoms with Crippen molar-refractivity contribution in [2.24, 2.45) is 0 Å². The summed E-state index contributed by atoms with van der Waals surface area (Å²) in [6.45, 7) is 0. The van der Waals surface area contributed by atoms with Crippen LogP contribution in [0.15, 0.2) is 48.6 Å². The summed E-state index contributed by atoms with van der Waals surface area (Å²) >= 11 is 0. The van der Waals surface area contributed by atoms with E-state index >= 15 is 0 Å². The number of carbonyl (C=O) groups excluding carboxylic acids is 2. The highest BCUT2D eigenvalue weighted by Crippen LogP contribution is 2.39. The molecule has 0 radical (unpaired) electrons. The maximum Gasteiger partial charge on any atom is 0.338 e. The van der Waals surface area contributed by atoms with E-state index in [-0.39, 0.29) is 11.1 Å². The Labute approximate surface area is 281 Å². The van der Waals surface area contributed by atoms with Gasteiger partial charge in [0.05, 0.1) is 6.10 Å². The molecule has 0 heterocycles. The zero-order chi connectivity index (χ0) is 37.1. The lowest BCUT2D eigenvalue weighted by molar-refractivity contribution is -0.273. The summed E-state index contributed by atoms with van der Waals surface area (Å²) < 4.78 is 15.9. The Kier molecular flexibility index (Phi) is 11.1. The van der Waals surface area contributed by atoms with Gasteiger partial charge in [0.15, 0.2) is 40.3 Å². The number of aliphatic hydroxyl groups is 5. The SMILES string of the molecule is O=C(/C=C/c1ccc(O)c(O)c1)O[C@H]1[C@H](O)C[C@](O)(C(=O)O)C[C@H]1OC1[C@@H](O)[C@H](O)[C@H](OC(=O)/C=C/c2ccc(O)c(O)c2)C[C@@]1(O)C(=O)O. The second kappa shape index (κ2) is 14.7. The number of carboxylic acids is 2. The normalized spacial score (nSPS) is 31.3. The largest absolute Gasteiger partial charge is 0.504 e. The van der Waals surface area contributed by atoms with E-state index in [2.05, 4.69) is 0 Å². The number of aliphatic hydroxyl groups excluding tert-OH is 3. The van der Waals surface area contributed by atoms with Gasteiger partial charge in [0, 0.05) is 31.4 Å². The number of phenols is 4. The van der Waals surface area contributed by atoms with Crippen molar-refractivity contribution in [2.75, 3.05) is 0 Å². The molecule has 18 nitrogen and oxygen atoms in total. The summed E-state index contributed by atoms with van der Waals surface area (Å²) in [5.41, 5.74) is -5.47. The van der Waals surface area contributed by atoms with E-state index in [9.17, 15) is 75.3 Å². The third-order valence-electron chi connectivity index (χ3n) is 8.29. The van der Waals surface area contributed by atoms with Gasteiger partial charge >= 0.3 is 23.9 Å². The van der Waals surface area contributed by atoms with E-state index < -0.39 is 120 Å². The van der Waals surface area contributed by atoms with E-state index in [1.165, 1.54) is 12.1 Å². The molecule has 2 aromatic carbocycles. The fourth-order valence-electron chi connectivity index (χ4n) is 5.60. The number of carboxylic acid groups (broad SMARTS) is 2. The number of rotatable bonds is 10. The van der Waals surface area contributed by atoms with Gasteiger partial charge in [0.2, 0.25) is 0 Å². The van der Waals surface area contributed by atoms with Gasteiger partial charge in [-0.15, -0.1) is 0 Å². The number of carbonyl (C=O) groups is 4. The van der Waals surface area contributed by atoms with Crippen molar-refractivity contribution >= 4 is 36.0 Å². The Morgan fingerprint density at radius 2 is 1.18 bits per heavy atom. The fraction of sp³-hybridized carbons (Fsp3) is 0.375. The van der Waals surface area contributed by atoms with Gasteiger partial charge in [-0.1, -0.05) is 12.1 Å². The first-order valence-electron chi connectivity index (χ1n) is 14.8. The molecule has 50 heavy (non-hydrogen) atoms. The van der Waals surface area contributed by atoms with Crippen LogP contribution in [-0.4, -0.2) is 134 Å². The standard InChI is InChI=1S/C32H34O18/c33-16-5-1-14(9-18(16)35)3-7-23(38)48-21-13-32(47,30(44)45)28(26(41)25(21)40)49-22-12-31(46,29(42)43)11-20(37)27(22)50-24(39)8-4-15-2-6-17(34)19(36)10-15/h1-10,20-22,25-28,33-37,40-41,46-47H,11-13H2,(H,42,43)(H,44,45)/b7-3+,8-4+/t20-,21-,22-,25-,26+,27+,28?,31-,32+/m1/s1. The average molecular weight is 707 g/mol. The number of esters is 2. The minimum absolute atomic E-state index is 0.214. The zero-order valence-electron chi connectivity index (χ0n) is 25.7. The lowest BCUT2D eigenvalue weighted by atomic mass is 9.75. The molecule has 2 aromatic rings. The molecule has 11 N–H and O–H groups in total. The average Bonchev–Trinajstić information content (AvgIpc) is 3.04. The summed E-state index contributed by atoms with van der Waals surface area (Å²) in [5.74, 6) is -8.15. The number of aliphatic carboxylic acids is 2. The summed E-state index contributed by atoms with van der Waals surface area (Å²) in [7, 11) is 0. The van der Waals surface area contributed by atoms with Crippen molar-refractivity contribution in [3.63, 3.8) is 0 Å². The maximum atomic E-state index is 12.7. The summed E-state index contributed by atoms with van der Waals surface area (Å²) in [5, 5.41) is 112. The Bertz CT molecular complexity index is 1690. The Morgan fingerprint density at radius 1 is 0.660 bits per heavy atom. The quantitative estimate of drug-likeness (QED) is 0.0779. The smallest absolute Gasteiger partial charge is 0.338 e. The predicted octanol–water partition coefficient (Wildman–Crippen LogP) is -1.28. The highest BCUT2D eigenvalue weighted by atomic mass is 16.6. The second-order valence-electron chi connectivity index (χ2n) is 11.9. The monoisotopic (exact) mass is 706 g/mol. The molecule has 0 aliphatic heterocycles. The Balaban J connectivity index is 1.56. The number of ether oxygens (including phenoxy) is 3. The van der Waals surface area contributed by atoms with Gasteiger partial charge in [-0.05, 0) is 47.5 Å². The van der Waals surface area contributed by atoms with Crippen molar-refractivity contribution in [1.29, 1.82) is 0 Å².